The van der Waals surface area contributed by atoms with Crippen LogP contribution in [0.3, 0.4) is 0 Å². The van der Waals surface area contributed by atoms with E-state index in [-0.39, 0.29) is 5.41 Å². The fourth-order valence-electron chi connectivity index (χ4n) is 3.33. The van der Waals surface area contributed by atoms with Crippen LogP contribution in [-0.4, -0.2) is 42.2 Å². The average molecular weight is 342 g/mol. The van der Waals surface area contributed by atoms with Crippen LogP contribution in [0.4, 0.5) is 4.79 Å². The van der Waals surface area contributed by atoms with Crippen molar-refractivity contribution in [3.8, 4) is 0 Å². The van der Waals surface area contributed by atoms with E-state index in [1.165, 1.54) is 19.1 Å². The van der Waals surface area contributed by atoms with Gasteiger partial charge in [-0.05, 0) is 11.6 Å². The number of methoxy groups -OCH3 is 2. The Morgan fingerprint density at radius 1 is 1.20 bits per heavy atom. The van der Waals surface area contributed by atoms with E-state index in [0.717, 1.165) is 22.2 Å². The molecule has 1 aliphatic rings. The Kier molecular flexibility index (Phi) is 4.29. The summed E-state index contributed by atoms with van der Waals surface area (Å²) in [7, 11) is 2.62. The lowest BCUT2D eigenvalue weighted by atomic mass is 9.83. The first-order valence-electron chi connectivity index (χ1n) is 8.12. The molecule has 0 saturated carbocycles. The molecule has 6 heteroatoms. The van der Waals surface area contributed by atoms with Gasteiger partial charge in [-0.1, -0.05) is 38.1 Å². The number of esters is 1. The summed E-state index contributed by atoms with van der Waals surface area (Å²) >= 11 is 0. The minimum absolute atomic E-state index is 0.342. The zero-order valence-electron chi connectivity index (χ0n) is 14.8. The number of rotatable bonds is 1. The highest BCUT2D eigenvalue weighted by molar-refractivity contribution is 5.88. The Hall–Kier alpha value is -2.76. The molecule has 1 aromatic carbocycles. The number of carbonyl (C=O) groups is 2. The first-order valence-corrected chi connectivity index (χ1v) is 8.12. The molecule has 6 nitrogen and oxygen atoms in total. The monoisotopic (exact) mass is 342 g/mol. The van der Waals surface area contributed by atoms with Crippen molar-refractivity contribution in [2.75, 3.05) is 14.2 Å². The van der Waals surface area contributed by atoms with Gasteiger partial charge < -0.3 is 14.5 Å². The van der Waals surface area contributed by atoms with E-state index in [9.17, 15) is 9.59 Å². The largest absolute Gasteiger partial charge is 0.467 e. The van der Waals surface area contributed by atoms with Gasteiger partial charge in [0.2, 0.25) is 0 Å². The molecule has 25 heavy (non-hydrogen) atoms. The zero-order chi connectivity index (χ0) is 18.2. The van der Waals surface area contributed by atoms with Crippen molar-refractivity contribution in [1.29, 1.82) is 0 Å². The van der Waals surface area contributed by atoms with Crippen molar-refractivity contribution in [2.45, 2.75) is 31.7 Å². The van der Waals surface area contributed by atoms with Crippen LogP contribution in [0, 0.1) is 0 Å². The normalized spacial score (nSPS) is 20.3. The molecule has 1 atom stereocenters. The number of H-pyrrole nitrogens is 1. The molecule has 132 valence electrons. The second kappa shape index (κ2) is 6.27. The topological polar surface area (TPSA) is 71.6 Å². The number of fused-ring (bicyclic) bond motifs is 3. The predicted octanol–water partition coefficient (Wildman–Crippen LogP) is 3.13. The highest BCUT2D eigenvalue weighted by atomic mass is 16.5. The number of hydrogen-bond acceptors (Lipinski definition) is 4. The number of hydrogen-bond donors (Lipinski definition) is 1. The minimum Gasteiger partial charge on any atom is -0.467 e. The molecule has 0 radical (unpaired) electrons. The number of amides is 1. The molecule has 0 unspecified atom stereocenters. The van der Waals surface area contributed by atoms with Gasteiger partial charge in [0, 0.05) is 34.6 Å². The first-order chi connectivity index (χ1) is 11.9. The van der Waals surface area contributed by atoms with Crippen molar-refractivity contribution in [1.82, 2.24) is 9.88 Å². The van der Waals surface area contributed by atoms with Gasteiger partial charge in [-0.2, -0.15) is 0 Å². The van der Waals surface area contributed by atoms with E-state index in [2.05, 4.69) is 18.8 Å². The Labute approximate surface area is 146 Å². The third-order valence-electron chi connectivity index (χ3n) is 4.70. The van der Waals surface area contributed by atoms with E-state index in [4.69, 9.17) is 9.47 Å². The lowest BCUT2D eigenvalue weighted by Gasteiger charge is -2.31. The molecule has 1 N–H and O–H groups in total. The van der Waals surface area contributed by atoms with Crippen LogP contribution in [-0.2, 0) is 26.1 Å². The summed E-state index contributed by atoms with van der Waals surface area (Å²) in [4.78, 5) is 29.4. The van der Waals surface area contributed by atoms with Gasteiger partial charge in [0.05, 0.1) is 14.2 Å². The van der Waals surface area contributed by atoms with Crippen molar-refractivity contribution < 1.29 is 19.1 Å². The van der Waals surface area contributed by atoms with Gasteiger partial charge in [0.1, 0.15) is 6.04 Å². The second-order valence-corrected chi connectivity index (χ2v) is 6.68. The number of benzene rings is 1. The molecule has 1 amide bonds. The van der Waals surface area contributed by atoms with Crippen LogP contribution in [0.5, 0.6) is 0 Å². The maximum atomic E-state index is 12.4. The second-order valence-electron chi connectivity index (χ2n) is 6.68. The Balaban J connectivity index is 2.21. The van der Waals surface area contributed by atoms with Crippen LogP contribution < -0.4 is 0 Å². The average Bonchev–Trinajstić information content (AvgIpc) is 2.98. The summed E-state index contributed by atoms with van der Waals surface area (Å²) in [6.45, 7) is 4.12. The quantitative estimate of drug-likeness (QED) is 0.808. The van der Waals surface area contributed by atoms with Gasteiger partial charge >= 0.3 is 12.1 Å². The lowest BCUT2D eigenvalue weighted by Crippen LogP contribution is -2.45. The standard InChI is InChI=1S/C19H22N2O4/c1-19(2)9-10-21(18(23)25-4)15(17(22)24-3)11-13-12-7-5-6-8-14(12)20-16(13)19/h5-10,15,20H,11H2,1-4H3/b10-9-/t15-/m0/s1. The molecule has 0 fully saturated rings. The van der Waals surface area contributed by atoms with Crippen LogP contribution in [0.2, 0.25) is 0 Å². The van der Waals surface area contributed by atoms with Crippen LogP contribution in [0.15, 0.2) is 36.5 Å². The van der Waals surface area contributed by atoms with Crippen LogP contribution >= 0.6 is 0 Å². The molecule has 0 bridgehead atoms. The van der Waals surface area contributed by atoms with E-state index in [1.54, 1.807) is 6.20 Å². The third-order valence-corrected chi connectivity index (χ3v) is 4.70. The summed E-state index contributed by atoms with van der Waals surface area (Å²) in [5.41, 5.74) is 2.70. The van der Waals surface area contributed by atoms with Gasteiger partial charge in [-0.15, -0.1) is 0 Å². The molecule has 0 spiro atoms. The Morgan fingerprint density at radius 3 is 2.60 bits per heavy atom. The molecule has 3 rings (SSSR count). The maximum absolute atomic E-state index is 12.4. The van der Waals surface area contributed by atoms with Gasteiger partial charge in [0.15, 0.2) is 0 Å². The molecule has 0 saturated heterocycles. The number of nitrogens with one attached hydrogen (secondary N) is 1. The van der Waals surface area contributed by atoms with Crippen molar-refractivity contribution >= 4 is 23.0 Å². The molecule has 1 aromatic heterocycles. The number of ether oxygens (including phenoxy) is 2. The Bertz CT molecular complexity index is 850. The summed E-state index contributed by atoms with van der Waals surface area (Å²) in [6.07, 6.45) is 3.26. The summed E-state index contributed by atoms with van der Waals surface area (Å²) in [5.74, 6) is -0.481. The number of nitrogens with zero attached hydrogens (tertiary/aromatic N) is 1. The van der Waals surface area contributed by atoms with E-state index in [0.29, 0.717) is 6.42 Å². The first kappa shape index (κ1) is 17.1. The van der Waals surface area contributed by atoms with Crippen LogP contribution in [0.1, 0.15) is 25.1 Å². The van der Waals surface area contributed by atoms with Crippen molar-refractivity contribution in [3.05, 3.63) is 47.8 Å². The van der Waals surface area contributed by atoms with Gasteiger partial charge in [-0.3, -0.25) is 4.90 Å². The fraction of sp³-hybridized carbons (Fsp3) is 0.368. The molecular weight excluding hydrogens is 320 g/mol. The van der Waals surface area contributed by atoms with E-state index < -0.39 is 18.1 Å². The molecule has 2 aromatic rings. The van der Waals surface area contributed by atoms with E-state index >= 15 is 0 Å². The lowest BCUT2D eigenvalue weighted by molar-refractivity contribution is -0.145. The number of aromatic amines is 1. The van der Waals surface area contributed by atoms with Crippen LogP contribution in [0.25, 0.3) is 10.9 Å². The summed E-state index contributed by atoms with van der Waals surface area (Å²) in [5, 5.41) is 1.04. The maximum Gasteiger partial charge on any atom is 0.414 e. The summed E-state index contributed by atoms with van der Waals surface area (Å²) < 4.78 is 9.79. The Morgan fingerprint density at radius 2 is 1.92 bits per heavy atom. The zero-order valence-corrected chi connectivity index (χ0v) is 14.8. The molecule has 2 heterocycles. The number of carbonyl (C=O) groups excluding carboxylic acids is 2. The number of para-hydroxylation sites is 1. The summed E-state index contributed by atoms with van der Waals surface area (Å²) in [6, 6.07) is 7.16. The number of aromatic nitrogens is 1. The van der Waals surface area contributed by atoms with Crippen molar-refractivity contribution in [3.63, 3.8) is 0 Å². The van der Waals surface area contributed by atoms with Gasteiger partial charge in [0.25, 0.3) is 0 Å². The highest BCUT2D eigenvalue weighted by Gasteiger charge is 2.36. The van der Waals surface area contributed by atoms with E-state index in [1.807, 2.05) is 30.3 Å². The van der Waals surface area contributed by atoms with Crippen molar-refractivity contribution in [2.24, 2.45) is 0 Å². The van der Waals surface area contributed by atoms with Gasteiger partial charge in [-0.25, -0.2) is 9.59 Å². The molecule has 0 aliphatic carbocycles. The third kappa shape index (κ3) is 2.88. The molecular formula is C19H22N2O4. The smallest absolute Gasteiger partial charge is 0.414 e. The molecule has 1 aliphatic heterocycles. The fourth-order valence-corrected chi connectivity index (χ4v) is 3.33. The minimum atomic E-state index is -0.789. The predicted molar refractivity (Wildman–Crippen MR) is 94.2 cm³/mol. The SMILES string of the molecule is COC(=O)[C@@H]1Cc2c([nH]c3ccccc23)C(C)(C)/C=C\N1C(=O)OC. The highest BCUT2D eigenvalue weighted by Crippen LogP contribution is 2.36. The number of allylic oxidation sites excluding steroid dienone is 1.